The second-order valence-electron chi connectivity index (χ2n) is 11.9. The van der Waals surface area contributed by atoms with E-state index in [0.29, 0.717) is 0 Å². The molecule has 1 spiro atoms. The molecular weight excluding hydrogens is 408 g/mol. The van der Waals surface area contributed by atoms with Crippen LogP contribution in [0.3, 0.4) is 0 Å². The van der Waals surface area contributed by atoms with Crippen molar-refractivity contribution in [3.05, 3.63) is 36.3 Å². The van der Waals surface area contributed by atoms with Gasteiger partial charge in [-0.05, 0) is 68.9 Å². The number of hydrogen-bond donors (Lipinski definition) is 1. The topological polar surface area (TPSA) is 89.3 Å². The van der Waals surface area contributed by atoms with Gasteiger partial charge in [-0.3, -0.25) is 4.79 Å². The van der Waals surface area contributed by atoms with Crippen LogP contribution in [0, 0.1) is 28.1 Å². The molecule has 172 valence electrons. The molecular formula is C26H32O6. The lowest BCUT2D eigenvalue weighted by Gasteiger charge is -2.64. The van der Waals surface area contributed by atoms with Crippen LogP contribution in [0.25, 0.3) is 0 Å². The summed E-state index contributed by atoms with van der Waals surface area (Å²) in [6.07, 6.45) is 8.26. The van der Waals surface area contributed by atoms with Crippen LogP contribution in [-0.2, 0) is 19.1 Å². The third-order valence-corrected chi connectivity index (χ3v) is 10.4. The van der Waals surface area contributed by atoms with Gasteiger partial charge in [-0.15, -0.1) is 0 Å². The Morgan fingerprint density at radius 1 is 1.12 bits per heavy atom. The van der Waals surface area contributed by atoms with E-state index in [0.717, 1.165) is 24.8 Å². The van der Waals surface area contributed by atoms with Crippen molar-refractivity contribution < 1.29 is 28.6 Å². The van der Waals surface area contributed by atoms with Crippen LogP contribution in [0.4, 0.5) is 0 Å². The van der Waals surface area contributed by atoms with Gasteiger partial charge in [0.05, 0.1) is 24.0 Å². The first-order valence-electron chi connectivity index (χ1n) is 11.8. The average molecular weight is 441 g/mol. The fourth-order valence-electron chi connectivity index (χ4n) is 9.28. The van der Waals surface area contributed by atoms with E-state index in [2.05, 4.69) is 13.8 Å². The Bertz CT molecular complexity index is 1040. The fourth-order valence-corrected chi connectivity index (χ4v) is 9.28. The molecule has 6 heteroatoms. The van der Waals surface area contributed by atoms with Crippen molar-refractivity contribution >= 4 is 11.8 Å². The zero-order valence-corrected chi connectivity index (χ0v) is 19.4. The minimum absolute atomic E-state index is 0.0165. The van der Waals surface area contributed by atoms with E-state index in [4.69, 9.17) is 13.9 Å². The third-order valence-electron chi connectivity index (χ3n) is 10.4. The molecule has 0 bridgehead atoms. The highest BCUT2D eigenvalue weighted by molar-refractivity contribution is 5.93. The first-order chi connectivity index (χ1) is 14.9. The second kappa shape index (κ2) is 5.76. The van der Waals surface area contributed by atoms with Gasteiger partial charge in [0.2, 0.25) is 0 Å². The summed E-state index contributed by atoms with van der Waals surface area (Å²) in [7, 11) is 0. The van der Waals surface area contributed by atoms with E-state index in [1.165, 1.54) is 6.08 Å². The molecule has 6 nitrogen and oxygen atoms in total. The largest absolute Gasteiger partial charge is 0.472 e. The van der Waals surface area contributed by atoms with E-state index in [1.807, 2.05) is 39.2 Å². The monoisotopic (exact) mass is 440 g/mol. The third kappa shape index (κ3) is 2.02. The average Bonchev–Trinajstić information content (AvgIpc) is 3.11. The number of ether oxygens (including phenoxy) is 2. The molecule has 1 aromatic heterocycles. The van der Waals surface area contributed by atoms with Gasteiger partial charge in [0.1, 0.15) is 17.3 Å². The van der Waals surface area contributed by atoms with Crippen molar-refractivity contribution in [1.29, 1.82) is 0 Å². The van der Waals surface area contributed by atoms with Gasteiger partial charge in [0.25, 0.3) is 0 Å². The zero-order valence-electron chi connectivity index (χ0n) is 19.4. The van der Waals surface area contributed by atoms with Gasteiger partial charge in [0, 0.05) is 17.4 Å². The van der Waals surface area contributed by atoms with Gasteiger partial charge in [-0.2, -0.15) is 0 Å². The second-order valence-corrected chi connectivity index (χ2v) is 11.9. The standard InChI is InChI=1S/C26H32O6/c1-22(2)20-19(28)21(29)25(5)16(23(20,3)9-7-18(27)32-22)6-10-24(4)15(14-8-11-30-13-14)12-17-26(24,25)31-17/h7-9,11,13,15-17,19-20,28H,6,10,12H2,1-5H3/t15-,16?,17+,19+,20-,23+,24-,25-,26+/m0/s1. The predicted molar refractivity (Wildman–Crippen MR) is 115 cm³/mol. The Balaban J connectivity index is 1.52. The summed E-state index contributed by atoms with van der Waals surface area (Å²) in [6, 6.07) is 2.02. The molecule has 2 aliphatic heterocycles. The Morgan fingerprint density at radius 3 is 2.56 bits per heavy atom. The fraction of sp³-hybridized carbons (Fsp3) is 0.692. The minimum Gasteiger partial charge on any atom is -0.472 e. The molecule has 3 saturated carbocycles. The van der Waals surface area contributed by atoms with E-state index < -0.39 is 40.0 Å². The van der Waals surface area contributed by atoms with Gasteiger partial charge in [0.15, 0.2) is 5.78 Å². The molecule has 1 aromatic rings. The number of furan rings is 1. The summed E-state index contributed by atoms with van der Waals surface area (Å²) >= 11 is 0. The van der Waals surface area contributed by atoms with E-state index in [1.54, 1.807) is 6.26 Å². The van der Waals surface area contributed by atoms with Crippen LogP contribution < -0.4 is 0 Å². The normalized spacial score (nSPS) is 52.9. The summed E-state index contributed by atoms with van der Waals surface area (Å²) in [5, 5.41) is 11.5. The van der Waals surface area contributed by atoms with Crippen LogP contribution in [0.2, 0.25) is 0 Å². The molecule has 6 rings (SSSR count). The van der Waals surface area contributed by atoms with Crippen molar-refractivity contribution in [1.82, 2.24) is 0 Å². The Hall–Kier alpha value is -1.92. The molecule has 32 heavy (non-hydrogen) atoms. The highest BCUT2D eigenvalue weighted by Gasteiger charge is 2.87. The maximum absolute atomic E-state index is 14.2. The molecule has 5 aliphatic rings. The highest BCUT2D eigenvalue weighted by Crippen LogP contribution is 2.81. The molecule has 3 aliphatic carbocycles. The smallest absolute Gasteiger partial charge is 0.330 e. The molecule has 1 unspecified atom stereocenters. The van der Waals surface area contributed by atoms with Crippen LogP contribution >= 0.6 is 0 Å². The van der Waals surface area contributed by atoms with Crippen molar-refractivity contribution in [2.45, 2.75) is 83.2 Å². The molecule has 4 fully saturated rings. The number of aliphatic hydroxyl groups is 1. The first-order valence-corrected chi connectivity index (χ1v) is 11.8. The number of fused-ring (bicyclic) bond motifs is 3. The van der Waals surface area contributed by atoms with Gasteiger partial charge in [-0.25, -0.2) is 4.79 Å². The summed E-state index contributed by atoms with van der Waals surface area (Å²) < 4.78 is 17.6. The molecule has 3 heterocycles. The van der Waals surface area contributed by atoms with Crippen molar-refractivity contribution in [3.63, 3.8) is 0 Å². The molecule has 0 aromatic carbocycles. The molecule has 9 atom stereocenters. The quantitative estimate of drug-likeness (QED) is 0.528. The number of allylic oxidation sites excluding steroid dienone is 1. The predicted octanol–water partition coefficient (Wildman–Crippen LogP) is 3.78. The molecule has 1 N–H and O–H groups in total. The minimum atomic E-state index is -1.23. The number of aliphatic hydroxyl groups excluding tert-OH is 1. The SMILES string of the molecule is CC1(C)OC(=O)C=C[C@]2(C)C3CC[C@@]4(C)[C@H](c5ccoc5)C[C@H]5O[C@]54[C@]3(C)C(=O)[C@H](O)[C@@H]12. The van der Waals surface area contributed by atoms with Crippen LogP contribution in [-0.4, -0.2) is 40.3 Å². The number of epoxide rings is 1. The van der Waals surface area contributed by atoms with Crippen molar-refractivity contribution in [2.24, 2.45) is 28.1 Å². The lowest BCUT2D eigenvalue weighted by atomic mass is 9.38. The van der Waals surface area contributed by atoms with E-state index in [9.17, 15) is 14.7 Å². The number of Topliss-reactive ketones (excluding diaryl/α,β-unsaturated/α-hetero) is 1. The number of cyclic esters (lactones) is 1. The van der Waals surface area contributed by atoms with E-state index >= 15 is 0 Å². The van der Waals surface area contributed by atoms with Crippen LogP contribution in [0.5, 0.6) is 0 Å². The summed E-state index contributed by atoms with van der Waals surface area (Å²) in [5.41, 5.74) is -2.11. The molecule has 1 saturated heterocycles. The summed E-state index contributed by atoms with van der Waals surface area (Å²) in [4.78, 5) is 26.5. The summed E-state index contributed by atoms with van der Waals surface area (Å²) in [6.45, 7) is 9.99. The van der Waals surface area contributed by atoms with Crippen molar-refractivity contribution in [3.8, 4) is 0 Å². The van der Waals surface area contributed by atoms with Crippen molar-refractivity contribution in [2.75, 3.05) is 0 Å². The van der Waals surface area contributed by atoms with Crippen LogP contribution in [0.1, 0.15) is 65.4 Å². The molecule has 0 amide bonds. The van der Waals surface area contributed by atoms with E-state index in [-0.39, 0.29) is 29.1 Å². The van der Waals surface area contributed by atoms with Gasteiger partial charge in [-0.1, -0.05) is 19.9 Å². The first kappa shape index (κ1) is 20.7. The van der Waals surface area contributed by atoms with Gasteiger partial charge >= 0.3 is 5.97 Å². The number of esters is 1. The number of ketones is 1. The highest BCUT2D eigenvalue weighted by atomic mass is 16.6. The number of hydrogen-bond acceptors (Lipinski definition) is 6. The number of rotatable bonds is 1. The van der Waals surface area contributed by atoms with Gasteiger partial charge < -0.3 is 19.0 Å². The van der Waals surface area contributed by atoms with Crippen LogP contribution in [0.15, 0.2) is 35.2 Å². The number of carbonyl (C=O) groups is 2. The molecule has 0 radical (unpaired) electrons. The Kier molecular flexibility index (Phi) is 3.72. The number of carbonyl (C=O) groups excluding carboxylic acids is 2. The Labute approximate surface area is 188 Å². The maximum Gasteiger partial charge on any atom is 0.330 e. The maximum atomic E-state index is 14.2. The lowest BCUT2D eigenvalue weighted by molar-refractivity contribution is -0.216. The Morgan fingerprint density at radius 2 is 1.88 bits per heavy atom. The summed E-state index contributed by atoms with van der Waals surface area (Å²) in [5.74, 6) is -0.924. The lowest BCUT2D eigenvalue weighted by Crippen LogP contribution is -2.72. The zero-order chi connectivity index (χ0) is 22.9.